The van der Waals surface area contributed by atoms with Crippen molar-refractivity contribution in [2.45, 2.75) is 6.92 Å². The van der Waals surface area contributed by atoms with Crippen LogP contribution in [0.4, 0.5) is 10.1 Å². The number of benzene rings is 1. The lowest BCUT2D eigenvalue weighted by Crippen LogP contribution is -2.23. The SMILES string of the molecule is COC(=O)C(=O)Nc1ccc(F)c(C)c1. The number of esters is 1. The average Bonchev–Trinajstić information content (AvgIpc) is 2.22. The zero-order valence-corrected chi connectivity index (χ0v) is 8.33. The quantitative estimate of drug-likeness (QED) is 0.561. The predicted molar refractivity (Wildman–Crippen MR) is 51.8 cm³/mol. The van der Waals surface area contributed by atoms with Crippen molar-refractivity contribution >= 4 is 17.6 Å². The summed E-state index contributed by atoms with van der Waals surface area (Å²) >= 11 is 0. The molecule has 0 spiro atoms. The molecular formula is C10H10FNO3. The first kappa shape index (κ1) is 11.2. The van der Waals surface area contributed by atoms with Crippen molar-refractivity contribution in [1.29, 1.82) is 0 Å². The highest BCUT2D eigenvalue weighted by atomic mass is 19.1. The lowest BCUT2D eigenvalue weighted by Gasteiger charge is -2.04. The second-order valence-corrected chi connectivity index (χ2v) is 2.91. The molecule has 1 aromatic rings. The van der Waals surface area contributed by atoms with E-state index in [1.807, 2.05) is 0 Å². The number of aryl methyl sites for hydroxylation is 1. The van der Waals surface area contributed by atoms with Crippen LogP contribution in [0.25, 0.3) is 0 Å². The molecule has 0 unspecified atom stereocenters. The summed E-state index contributed by atoms with van der Waals surface area (Å²) in [6, 6.07) is 4.00. The van der Waals surface area contributed by atoms with Gasteiger partial charge in [-0.2, -0.15) is 0 Å². The highest BCUT2D eigenvalue weighted by molar-refractivity contribution is 6.37. The van der Waals surface area contributed by atoms with Crippen molar-refractivity contribution in [3.8, 4) is 0 Å². The van der Waals surface area contributed by atoms with Crippen molar-refractivity contribution in [3.05, 3.63) is 29.6 Å². The van der Waals surface area contributed by atoms with Crippen LogP contribution in [0.2, 0.25) is 0 Å². The zero-order valence-electron chi connectivity index (χ0n) is 8.33. The summed E-state index contributed by atoms with van der Waals surface area (Å²) in [6.45, 7) is 1.56. The van der Waals surface area contributed by atoms with E-state index in [1.54, 1.807) is 6.92 Å². The van der Waals surface area contributed by atoms with Gasteiger partial charge in [-0.25, -0.2) is 9.18 Å². The van der Waals surface area contributed by atoms with E-state index in [0.29, 0.717) is 11.3 Å². The van der Waals surface area contributed by atoms with Crippen molar-refractivity contribution in [3.63, 3.8) is 0 Å². The first-order valence-corrected chi connectivity index (χ1v) is 4.20. The molecule has 1 N–H and O–H groups in total. The maximum atomic E-state index is 12.9. The number of nitrogens with one attached hydrogen (secondary N) is 1. The zero-order chi connectivity index (χ0) is 11.4. The summed E-state index contributed by atoms with van der Waals surface area (Å²) in [6.07, 6.45) is 0. The van der Waals surface area contributed by atoms with Gasteiger partial charge in [0, 0.05) is 5.69 Å². The molecule has 1 rings (SSSR count). The third-order valence-corrected chi connectivity index (χ3v) is 1.79. The highest BCUT2D eigenvalue weighted by Gasteiger charge is 2.13. The fourth-order valence-corrected chi connectivity index (χ4v) is 0.997. The standard InChI is InChI=1S/C10H10FNO3/c1-6-5-7(3-4-8(6)11)12-9(13)10(14)15-2/h3-5H,1-2H3,(H,12,13). The molecule has 0 bridgehead atoms. The van der Waals surface area contributed by atoms with E-state index in [0.717, 1.165) is 7.11 Å². The Morgan fingerprint density at radius 1 is 1.40 bits per heavy atom. The van der Waals surface area contributed by atoms with Crippen LogP contribution in [0.1, 0.15) is 5.56 Å². The first-order valence-electron chi connectivity index (χ1n) is 4.20. The molecule has 0 aliphatic heterocycles. The molecule has 80 valence electrons. The van der Waals surface area contributed by atoms with Gasteiger partial charge in [-0.1, -0.05) is 0 Å². The van der Waals surface area contributed by atoms with Gasteiger partial charge < -0.3 is 10.1 Å². The van der Waals surface area contributed by atoms with E-state index in [9.17, 15) is 14.0 Å². The number of anilines is 1. The van der Waals surface area contributed by atoms with Crippen LogP contribution >= 0.6 is 0 Å². The van der Waals surface area contributed by atoms with Crippen molar-refractivity contribution in [2.24, 2.45) is 0 Å². The van der Waals surface area contributed by atoms with Crippen LogP contribution in [0, 0.1) is 12.7 Å². The van der Waals surface area contributed by atoms with Gasteiger partial charge >= 0.3 is 11.9 Å². The monoisotopic (exact) mass is 211 g/mol. The number of amides is 1. The number of hydrogen-bond donors (Lipinski definition) is 1. The Labute approximate surface area is 86.0 Å². The molecule has 0 saturated carbocycles. The minimum absolute atomic E-state index is 0.351. The number of hydrogen-bond acceptors (Lipinski definition) is 3. The third-order valence-electron chi connectivity index (χ3n) is 1.79. The smallest absolute Gasteiger partial charge is 0.396 e. The maximum absolute atomic E-state index is 12.9. The molecule has 0 heterocycles. The minimum atomic E-state index is -0.989. The van der Waals surface area contributed by atoms with E-state index in [-0.39, 0.29) is 5.82 Å². The van der Waals surface area contributed by atoms with E-state index in [2.05, 4.69) is 10.1 Å². The van der Waals surface area contributed by atoms with Crippen molar-refractivity contribution in [1.82, 2.24) is 0 Å². The second kappa shape index (κ2) is 4.54. The molecule has 1 aromatic carbocycles. The molecule has 0 fully saturated rings. The first-order chi connectivity index (χ1) is 7.04. The summed E-state index contributed by atoms with van der Waals surface area (Å²) in [4.78, 5) is 21.8. The fraction of sp³-hybridized carbons (Fsp3) is 0.200. The molecular weight excluding hydrogens is 201 g/mol. The summed E-state index contributed by atoms with van der Waals surface area (Å²) in [5, 5.41) is 2.28. The molecule has 5 heteroatoms. The molecule has 0 saturated heterocycles. The molecule has 15 heavy (non-hydrogen) atoms. The van der Waals surface area contributed by atoms with Crippen LogP contribution < -0.4 is 5.32 Å². The van der Waals surface area contributed by atoms with Crippen LogP contribution in [0.5, 0.6) is 0 Å². The predicted octanol–water partition coefficient (Wildman–Crippen LogP) is 1.25. The van der Waals surface area contributed by atoms with Gasteiger partial charge in [0.1, 0.15) is 5.82 Å². The van der Waals surface area contributed by atoms with Gasteiger partial charge in [-0.15, -0.1) is 0 Å². The van der Waals surface area contributed by atoms with Gasteiger partial charge in [0.15, 0.2) is 0 Å². The molecule has 4 nitrogen and oxygen atoms in total. The van der Waals surface area contributed by atoms with Crippen LogP contribution in [-0.2, 0) is 14.3 Å². The highest BCUT2D eigenvalue weighted by Crippen LogP contribution is 2.13. The lowest BCUT2D eigenvalue weighted by molar-refractivity contribution is -0.150. The Kier molecular flexibility index (Phi) is 3.38. The summed E-state index contributed by atoms with van der Waals surface area (Å²) < 4.78 is 17.1. The Balaban J connectivity index is 2.77. The fourth-order valence-electron chi connectivity index (χ4n) is 0.997. The Hall–Kier alpha value is -1.91. The maximum Gasteiger partial charge on any atom is 0.396 e. The summed E-state index contributed by atoms with van der Waals surface area (Å²) in [5.41, 5.74) is 0.738. The topological polar surface area (TPSA) is 55.4 Å². The van der Waals surface area contributed by atoms with Gasteiger partial charge in [0.2, 0.25) is 0 Å². The molecule has 1 amide bonds. The average molecular weight is 211 g/mol. The molecule has 0 radical (unpaired) electrons. The van der Waals surface area contributed by atoms with Gasteiger partial charge in [-0.3, -0.25) is 4.79 Å². The Bertz CT molecular complexity index is 404. The van der Waals surface area contributed by atoms with E-state index in [1.165, 1.54) is 18.2 Å². The molecule has 0 aliphatic carbocycles. The Morgan fingerprint density at radius 3 is 2.60 bits per heavy atom. The van der Waals surface area contributed by atoms with Crippen molar-refractivity contribution < 1.29 is 18.7 Å². The lowest BCUT2D eigenvalue weighted by atomic mass is 10.2. The van der Waals surface area contributed by atoms with Crippen LogP contribution in [0.15, 0.2) is 18.2 Å². The van der Waals surface area contributed by atoms with E-state index in [4.69, 9.17) is 0 Å². The number of rotatable bonds is 1. The third kappa shape index (κ3) is 2.77. The molecule has 0 atom stereocenters. The van der Waals surface area contributed by atoms with E-state index < -0.39 is 11.9 Å². The normalized spacial score (nSPS) is 9.53. The number of carbonyl (C=O) groups excluding carboxylic acids is 2. The van der Waals surface area contributed by atoms with Crippen molar-refractivity contribution in [2.75, 3.05) is 12.4 Å². The van der Waals surface area contributed by atoms with Gasteiger partial charge in [0.05, 0.1) is 7.11 Å². The van der Waals surface area contributed by atoms with Gasteiger partial charge in [0.25, 0.3) is 0 Å². The van der Waals surface area contributed by atoms with Crippen LogP contribution in [-0.4, -0.2) is 19.0 Å². The molecule has 0 aliphatic rings. The second-order valence-electron chi connectivity index (χ2n) is 2.91. The summed E-state index contributed by atoms with van der Waals surface area (Å²) in [7, 11) is 1.11. The minimum Gasteiger partial charge on any atom is -0.462 e. The molecule has 0 aromatic heterocycles. The number of halogens is 1. The van der Waals surface area contributed by atoms with Gasteiger partial charge in [-0.05, 0) is 30.7 Å². The Morgan fingerprint density at radius 2 is 2.07 bits per heavy atom. The number of carbonyl (C=O) groups is 2. The number of ether oxygens (including phenoxy) is 1. The van der Waals surface area contributed by atoms with Crippen LogP contribution in [0.3, 0.4) is 0 Å². The van der Waals surface area contributed by atoms with E-state index >= 15 is 0 Å². The summed E-state index contributed by atoms with van der Waals surface area (Å²) in [5.74, 6) is -2.24. The largest absolute Gasteiger partial charge is 0.462 e. The number of methoxy groups -OCH3 is 1.